The van der Waals surface area contributed by atoms with Crippen molar-refractivity contribution >= 4 is 43.2 Å². The summed E-state index contributed by atoms with van der Waals surface area (Å²) in [7, 11) is 0.631. The first kappa shape index (κ1) is 6.96. The van der Waals surface area contributed by atoms with Gasteiger partial charge in [0.15, 0.2) is 0 Å². The van der Waals surface area contributed by atoms with E-state index in [0.717, 1.165) is 7.41 Å². The standard InChI is InChI=1S/C2H5PS3/c1-2-3-6(4)5/h2,6H,1H3. The summed E-state index contributed by atoms with van der Waals surface area (Å²) in [6.45, 7) is 1.97. The van der Waals surface area contributed by atoms with Crippen LogP contribution in [0, 0.1) is 0 Å². The lowest BCUT2D eigenvalue weighted by Gasteiger charge is -1.63. The fourth-order valence-electron chi connectivity index (χ4n) is 0.0943. The third-order valence-corrected chi connectivity index (χ3v) is 3.58. The molecule has 0 aromatic carbocycles. The van der Waals surface area contributed by atoms with Crippen LogP contribution in [0.1, 0.15) is 6.92 Å². The molecule has 0 fully saturated rings. The van der Waals surface area contributed by atoms with Gasteiger partial charge in [0.2, 0.25) is 0 Å². The van der Waals surface area contributed by atoms with Gasteiger partial charge in [-0.05, 0) is 36.7 Å². The highest BCUT2D eigenvalue weighted by Crippen LogP contribution is 1.90. The topological polar surface area (TPSA) is 0 Å². The Labute approximate surface area is 50.3 Å². The van der Waals surface area contributed by atoms with Crippen molar-refractivity contribution in [2.45, 2.75) is 6.92 Å². The molecule has 0 spiro atoms. The monoisotopic (exact) mass is 156 g/mol. The van der Waals surface area contributed by atoms with Gasteiger partial charge in [0.1, 0.15) is 0 Å². The predicted molar refractivity (Wildman–Crippen MR) is 42.1 cm³/mol. The Bertz CT molecular complexity index is 104. The van der Waals surface area contributed by atoms with Crippen LogP contribution < -0.4 is 0 Å². The van der Waals surface area contributed by atoms with E-state index in [1.165, 1.54) is 0 Å². The minimum Gasteiger partial charge on any atom is -0.0564 e. The van der Waals surface area contributed by atoms with Crippen molar-refractivity contribution < 1.29 is 0 Å². The summed E-state index contributed by atoms with van der Waals surface area (Å²) in [4.78, 5) is 0. The highest BCUT2D eigenvalue weighted by atomic mass is 33.3. The van der Waals surface area contributed by atoms with Gasteiger partial charge in [-0.3, -0.25) is 0 Å². The van der Waals surface area contributed by atoms with Crippen LogP contribution in [-0.2, 0) is 30.0 Å². The summed E-state index contributed by atoms with van der Waals surface area (Å²) in [5.74, 6) is 1.99. The zero-order chi connectivity index (χ0) is 4.99. The second kappa shape index (κ2) is 4.13. The highest BCUT2D eigenvalue weighted by Gasteiger charge is 1.54. The third kappa shape index (κ3) is 4.96. The van der Waals surface area contributed by atoms with Crippen LogP contribution in [0.15, 0.2) is 0 Å². The minimum absolute atomic E-state index is 0.517. The Hall–Kier alpha value is 0.960. The molecule has 4 heteroatoms. The van der Waals surface area contributed by atoms with Gasteiger partial charge in [-0.15, -0.1) is 0 Å². The molecule has 0 atom stereocenters. The molecule has 0 saturated carbocycles. The first-order chi connectivity index (χ1) is 2.77. The van der Waals surface area contributed by atoms with Gasteiger partial charge in [-0.25, -0.2) is 0 Å². The summed E-state index contributed by atoms with van der Waals surface area (Å²) in [5.41, 5.74) is 0. The van der Waals surface area contributed by atoms with E-state index >= 15 is 0 Å². The molecule has 0 N–H and O–H groups in total. The fraction of sp³-hybridized carbons (Fsp3) is 0.500. The van der Waals surface area contributed by atoms with Gasteiger partial charge in [0.25, 0.3) is 0 Å². The molecule has 0 nitrogen and oxygen atoms in total. The van der Waals surface area contributed by atoms with Gasteiger partial charge in [-0.1, -0.05) is 13.4 Å². The fourth-order valence-corrected chi connectivity index (χ4v) is 2.55. The molecule has 0 heterocycles. The lowest BCUT2D eigenvalue weighted by Crippen LogP contribution is -1.44. The van der Waals surface area contributed by atoms with Gasteiger partial charge >= 0.3 is 0 Å². The van der Waals surface area contributed by atoms with Crippen molar-refractivity contribution in [2.75, 3.05) is 0 Å². The molecule has 0 bridgehead atoms. The SMILES string of the molecule is CC=P[SH](=S)=S. The van der Waals surface area contributed by atoms with E-state index in [2.05, 4.69) is 0 Å². The van der Waals surface area contributed by atoms with Crippen molar-refractivity contribution in [3.8, 4) is 0 Å². The summed E-state index contributed by atoms with van der Waals surface area (Å²) < 4.78 is 0. The molecule has 6 heavy (non-hydrogen) atoms. The molecular weight excluding hydrogens is 151 g/mol. The Balaban J connectivity index is 3.62. The van der Waals surface area contributed by atoms with Crippen LogP contribution in [0.2, 0.25) is 0 Å². The highest BCUT2D eigenvalue weighted by molar-refractivity contribution is 8.71. The lowest BCUT2D eigenvalue weighted by molar-refractivity contribution is 2.14. The molecule has 0 aliphatic heterocycles. The molecule has 0 aliphatic carbocycles. The van der Waals surface area contributed by atoms with Gasteiger partial charge in [0.05, 0.1) is 0 Å². The summed E-state index contributed by atoms with van der Waals surface area (Å²) in [6.07, 6.45) is 0. The summed E-state index contributed by atoms with van der Waals surface area (Å²) in [6, 6.07) is 0. The van der Waals surface area contributed by atoms with Crippen molar-refractivity contribution in [3.05, 3.63) is 0 Å². The van der Waals surface area contributed by atoms with Crippen LogP contribution in [0.4, 0.5) is 0 Å². The Morgan fingerprint density at radius 3 is 2.17 bits per heavy atom. The average molecular weight is 156 g/mol. The maximum atomic E-state index is 4.71. The van der Waals surface area contributed by atoms with E-state index in [4.69, 9.17) is 22.4 Å². The molecule has 0 aromatic rings. The molecule has 0 radical (unpaired) electrons. The molecule has 0 unspecified atom stereocenters. The summed E-state index contributed by atoms with van der Waals surface area (Å²) >= 11 is 9.43. The second-order valence-electron chi connectivity index (χ2n) is 0.612. The first-order valence-electron chi connectivity index (χ1n) is 1.40. The first-order valence-corrected chi connectivity index (χ1v) is 6.44. The van der Waals surface area contributed by atoms with E-state index in [-0.39, 0.29) is 0 Å². The molecule has 0 aromatic heterocycles. The molecule has 0 aliphatic rings. The van der Waals surface area contributed by atoms with Crippen LogP contribution in [0.3, 0.4) is 0 Å². The van der Waals surface area contributed by atoms with Gasteiger partial charge < -0.3 is 0 Å². The molecule has 36 valence electrons. The quantitative estimate of drug-likeness (QED) is 0.443. The van der Waals surface area contributed by atoms with Gasteiger partial charge in [0, 0.05) is 0 Å². The predicted octanol–water partition coefficient (Wildman–Crippen LogP) is 0.944. The Morgan fingerprint density at radius 2 is 2.17 bits per heavy atom. The molecule has 0 amide bonds. The average Bonchev–Trinajstić information content (AvgIpc) is 1.35. The van der Waals surface area contributed by atoms with E-state index < -0.39 is 7.63 Å². The molecule has 0 saturated heterocycles. The molecular formula is C2H5PS3. The number of rotatable bonds is 1. The van der Waals surface area contributed by atoms with Crippen molar-refractivity contribution in [1.29, 1.82) is 0 Å². The Kier molecular flexibility index (Phi) is 4.79. The lowest BCUT2D eigenvalue weighted by atomic mass is 11.0. The minimum atomic E-state index is -0.517. The van der Waals surface area contributed by atoms with Crippen LogP contribution in [0.5, 0.6) is 0 Å². The van der Waals surface area contributed by atoms with Crippen molar-refractivity contribution in [1.82, 2.24) is 0 Å². The largest absolute Gasteiger partial charge is 0.0564 e. The second-order valence-corrected chi connectivity index (χ2v) is 8.24. The third-order valence-electron chi connectivity index (χ3n) is 0.210. The zero-order valence-corrected chi connectivity index (χ0v) is 6.71. The number of hydrogen-bond acceptors (Lipinski definition) is 2. The summed E-state index contributed by atoms with van der Waals surface area (Å²) in [5, 5.41) is 0. The number of thiol groups is 1. The van der Waals surface area contributed by atoms with Crippen molar-refractivity contribution in [3.63, 3.8) is 0 Å². The van der Waals surface area contributed by atoms with Crippen LogP contribution in [-0.4, -0.2) is 5.80 Å². The maximum absolute atomic E-state index is 4.71. The van der Waals surface area contributed by atoms with Crippen molar-refractivity contribution in [2.24, 2.45) is 0 Å². The normalized spacial score (nSPS) is 11.0. The van der Waals surface area contributed by atoms with Crippen LogP contribution >= 0.6 is 7.41 Å². The zero-order valence-electron chi connectivity index (χ0n) is 3.29. The number of hydrogen-bond donors (Lipinski definition) is 1. The molecule has 0 rings (SSSR count). The van der Waals surface area contributed by atoms with Gasteiger partial charge in [-0.2, -0.15) is 0 Å². The van der Waals surface area contributed by atoms with Crippen LogP contribution in [0.25, 0.3) is 0 Å². The maximum Gasteiger partial charge on any atom is -0.0344 e. The van der Waals surface area contributed by atoms with E-state index in [1.54, 1.807) is 0 Å². The smallest absolute Gasteiger partial charge is 0.0344 e. The van der Waals surface area contributed by atoms with E-state index in [9.17, 15) is 0 Å². The Morgan fingerprint density at radius 1 is 1.67 bits per heavy atom. The van der Waals surface area contributed by atoms with E-state index in [0.29, 0.717) is 0 Å². The van der Waals surface area contributed by atoms with E-state index in [1.807, 2.05) is 12.7 Å².